The van der Waals surface area contributed by atoms with Gasteiger partial charge < -0.3 is 4.18 Å². The van der Waals surface area contributed by atoms with Crippen LogP contribution in [0.15, 0.2) is 59.5 Å². The van der Waals surface area contributed by atoms with E-state index in [1.807, 2.05) is 0 Å². The van der Waals surface area contributed by atoms with E-state index in [1.54, 1.807) is 38.1 Å². The van der Waals surface area contributed by atoms with Crippen molar-refractivity contribution in [1.29, 1.82) is 0 Å². The van der Waals surface area contributed by atoms with Crippen LogP contribution in [0.25, 0.3) is 5.76 Å². The summed E-state index contributed by atoms with van der Waals surface area (Å²) in [5.41, 5.74) is 1.58. The van der Waals surface area contributed by atoms with Crippen molar-refractivity contribution in [3.05, 3.63) is 71.3 Å². The van der Waals surface area contributed by atoms with E-state index in [4.69, 9.17) is 0 Å². The molecule has 0 aliphatic carbocycles. The third-order valence-electron chi connectivity index (χ3n) is 2.95. The molecular weight excluding hydrogens is 310 g/mol. The number of benzene rings is 2. The van der Waals surface area contributed by atoms with Crippen molar-refractivity contribution in [3.8, 4) is 0 Å². The Hall–Kier alpha value is -2.21. The molecule has 0 atom stereocenters. The molecular formula is C16H14F2O3S. The normalized spacial score (nSPS) is 11.1. The Morgan fingerprint density at radius 1 is 0.955 bits per heavy atom. The van der Waals surface area contributed by atoms with Crippen LogP contribution in [0.5, 0.6) is 0 Å². The highest BCUT2D eigenvalue weighted by Gasteiger charge is 2.22. The molecule has 0 amide bonds. The second-order valence-electron chi connectivity index (χ2n) is 4.81. The van der Waals surface area contributed by atoms with E-state index in [9.17, 15) is 17.2 Å². The number of rotatable bonds is 4. The Bertz CT molecular complexity index is 806. The van der Waals surface area contributed by atoms with E-state index in [0.717, 1.165) is 5.56 Å². The van der Waals surface area contributed by atoms with Crippen molar-refractivity contribution in [3.63, 3.8) is 0 Å². The third kappa shape index (κ3) is 3.71. The Morgan fingerprint density at radius 3 is 2.14 bits per heavy atom. The monoisotopic (exact) mass is 324 g/mol. The van der Waals surface area contributed by atoms with Crippen LogP contribution in [0.3, 0.4) is 0 Å². The van der Waals surface area contributed by atoms with Gasteiger partial charge in [-0.1, -0.05) is 41.5 Å². The molecule has 2 aromatic carbocycles. The van der Waals surface area contributed by atoms with Gasteiger partial charge in [-0.15, -0.1) is 0 Å². The fourth-order valence-corrected chi connectivity index (χ4v) is 2.78. The summed E-state index contributed by atoms with van der Waals surface area (Å²) in [6.45, 7) is 3.50. The second-order valence-corrected chi connectivity index (χ2v) is 6.36. The summed E-state index contributed by atoms with van der Waals surface area (Å²) in [7, 11) is -4.32. The van der Waals surface area contributed by atoms with E-state index in [2.05, 4.69) is 4.18 Å². The van der Waals surface area contributed by atoms with Gasteiger partial charge >= 0.3 is 16.2 Å². The lowest BCUT2D eigenvalue weighted by Gasteiger charge is -2.10. The summed E-state index contributed by atoms with van der Waals surface area (Å²) >= 11 is 0. The fourth-order valence-electron chi connectivity index (χ4n) is 1.84. The minimum absolute atomic E-state index is 0.00990. The Balaban J connectivity index is 2.41. The highest BCUT2D eigenvalue weighted by Crippen LogP contribution is 2.27. The standard InChI is InChI=1S/C16H14F2O3S/c1-11-6-8-14(9-7-11)22(19,20)21-15(16(17)18)13-5-3-4-12(2)10-13/h3-10H,1-2H3. The molecule has 22 heavy (non-hydrogen) atoms. The van der Waals surface area contributed by atoms with Gasteiger partial charge in [-0.25, -0.2) is 0 Å². The summed E-state index contributed by atoms with van der Waals surface area (Å²) < 4.78 is 55.2. The lowest BCUT2D eigenvalue weighted by atomic mass is 10.1. The van der Waals surface area contributed by atoms with Crippen molar-refractivity contribution in [2.45, 2.75) is 18.7 Å². The van der Waals surface area contributed by atoms with Crippen LogP contribution in [-0.4, -0.2) is 8.42 Å². The minimum Gasteiger partial charge on any atom is -0.373 e. The summed E-state index contributed by atoms with van der Waals surface area (Å²) in [5.74, 6) is -0.954. The van der Waals surface area contributed by atoms with Crippen LogP contribution in [-0.2, 0) is 14.3 Å². The highest BCUT2D eigenvalue weighted by molar-refractivity contribution is 7.87. The van der Waals surface area contributed by atoms with Gasteiger partial charge in [-0.05, 0) is 32.0 Å². The van der Waals surface area contributed by atoms with Crippen molar-refractivity contribution < 1.29 is 21.4 Å². The zero-order valence-corrected chi connectivity index (χ0v) is 12.8. The molecule has 0 heterocycles. The molecule has 3 nitrogen and oxygen atoms in total. The molecule has 0 unspecified atom stereocenters. The van der Waals surface area contributed by atoms with Crippen LogP contribution in [0.2, 0.25) is 0 Å². The maximum absolute atomic E-state index is 13.1. The topological polar surface area (TPSA) is 43.4 Å². The minimum atomic E-state index is -4.32. The van der Waals surface area contributed by atoms with Gasteiger partial charge in [-0.3, -0.25) is 0 Å². The first-order valence-electron chi connectivity index (χ1n) is 6.43. The van der Waals surface area contributed by atoms with E-state index in [0.29, 0.717) is 5.56 Å². The first-order valence-corrected chi connectivity index (χ1v) is 7.84. The smallest absolute Gasteiger partial charge is 0.339 e. The van der Waals surface area contributed by atoms with Crippen molar-refractivity contribution in [1.82, 2.24) is 0 Å². The lowest BCUT2D eigenvalue weighted by Crippen LogP contribution is -2.07. The van der Waals surface area contributed by atoms with Crippen LogP contribution >= 0.6 is 0 Å². The average molecular weight is 324 g/mol. The molecule has 0 saturated heterocycles. The molecule has 0 N–H and O–H groups in total. The number of hydrogen-bond acceptors (Lipinski definition) is 3. The van der Waals surface area contributed by atoms with Crippen LogP contribution in [0.1, 0.15) is 16.7 Å². The maximum atomic E-state index is 13.1. The van der Waals surface area contributed by atoms with E-state index in [-0.39, 0.29) is 10.5 Å². The molecule has 0 aliphatic rings. The molecule has 0 fully saturated rings. The van der Waals surface area contributed by atoms with Crippen molar-refractivity contribution in [2.75, 3.05) is 0 Å². The molecule has 2 rings (SSSR count). The molecule has 0 aromatic heterocycles. The average Bonchev–Trinajstić information content (AvgIpc) is 2.45. The molecule has 0 radical (unpaired) electrons. The summed E-state index contributed by atoms with van der Waals surface area (Å²) in [5, 5.41) is 0. The largest absolute Gasteiger partial charge is 0.373 e. The third-order valence-corrected chi connectivity index (χ3v) is 4.19. The number of hydrogen-bond donors (Lipinski definition) is 0. The lowest BCUT2D eigenvalue weighted by molar-refractivity contribution is 0.381. The summed E-state index contributed by atoms with van der Waals surface area (Å²) in [4.78, 5) is -0.176. The summed E-state index contributed by atoms with van der Waals surface area (Å²) in [6, 6.07) is 11.8. The second kappa shape index (κ2) is 6.27. The van der Waals surface area contributed by atoms with Gasteiger partial charge in [-0.2, -0.15) is 17.2 Å². The predicted molar refractivity (Wildman–Crippen MR) is 79.8 cm³/mol. The molecule has 6 heteroatoms. The SMILES string of the molecule is Cc1ccc(S(=O)(=O)OC(=C(F)F)c2cccc(C)c2)cc1. The van der Waals surface area contributed by atoms with Gasteiger partial charge in [0.05, 0.1) is 0 Å². The van der Waals surface area contributed by atoms with Gasteiger partial charge in [0.2, 0.25) is 5.76 Å². The highest BCUT2D eigenvalue weighted by atomic mass is 32.2. The Labute approximate surface area is 128 Å². The van der Waals surface area contributed by atoms with E-state index < -0.39 is 22.0 Å². The Morgan fingerprint density at radius 2 is 1.59 bits per heavy atom. The zero-order chi connectivity index (χ0) is 16.3. The molecule has 0 bridgehead atoms. The Kier molecular flexibility index (Phi) is 4.61. The maximum Gasteiger partial charge on any atom is 0.339 e. The van der Waals surface area contributed by atoms with Crippen LogP contribution < -0.4 is 0 Å². The quantitative estimate of drug-likeness (QED) is 0.623. The molecule has 0 aliphatic heterocycles. The van der Waals surface area contributed by atoms with E-state index in [1.165, 1.54) is 24.3 Å². The van der Waals surface area contributed by atoms with Gasteiger partial charge in [0.25, 0.3) is 0 Å². The van der Waals surface area contributed by atoms with Gasteiger partial charge in [0, 0.05) is 5.56 Å². The first-order chi connectivity index (χ1) is 10.3. The molecule has 0 spiro atoms. The van der Waals surface area contributed by atoms with Crippen LogP contribution in [0, 0.1) is 13.8 Å². The predicted octanol–water partition coefficient (Wildman–Crippen LogP) is 4.27. The number of aryl methyl sites for hydroxylation is 2. The molecule has 0 saturated carbocycles. The number of halogens is 2. The van der Waals surface area contributed by atoms with Gasteiger partial charge in [0.15, 0.2) is 0 Å². The van der Waals surface area contributed by atoms with Crippen molar-refractivity contribution >= 4 is 15.9 Å². The van der Waals surface area contributed by atoms with Gasteiger partial charge in [0.1, 0.15) is 4.90 Å². The van der Waals surface area contributed by atoms with E-state index >= 15 is 0 Å². The fraction of sp³-hybridized carbons (Fsp3) is 0.125. The zero-order valence-electron chi connectivity index (χ0n) is 12.0. The van der Waals surface area contributed by atoms with Crippen molar-refractivity contribution in [2.24, 2.45) is 0 Å². The molecule has 116 valence electrons. The first kappa shape index (κ1) is 16.2. The van der Waals surface area contributed by atoms with Crippen LogP contribution in [0.4, 0.5) is 8.78 Å². The molecule has 2 aromatic rings. The summed E-state index contributed by atoms with van der Waals surface area (Å²) in [6.07, 6.45) is -2.19.